The van der Waals surface area contributed by atoms with E-state index in [1.165, 1.54) is 32.1 Å². The first-order valence-corrected chi connectivity index (χ1v) is 8.16. The van der Waals surface area contributed by atoms with Gasteiger partial charge in [0, 0.05) is 30.1 Å². The van der Waals surface area contributed by atoms with Crippen LogP contribution in [0.5, 0.6) is 0 Å². The minimum atomic E-state index is 0.297. The second-order valence-corrected chi connectivity index (χ2v) is 6.91. The van der Waals surface area contributed by atoms with Gasteiger partial charge in [0.05, 0.1) is 0 Å². The van der Waals surface area contributed by atoms with Gasteiger partial charge < -0.3 is 16.0 Å². The molecule has 21 heavy (non-hydrogen) atoms. The predicted molar refractivity (Wildman–Crippen MR) is 86.4 cm³/mol. The van der Waals surface area contributed by atoms with Crippen LogP contribution in [0.25, 0.3) is 0 Å². The highest BCUT2D eigenvalue weighted by atomic mass is 15.2. The number of hydrogen-bond donors (Lipinski definition) is 2. The Hall–Kier alpha value is -1.36. The van der Waals surface area contributed by atoms with Crippen LogP contribution in [0, 0.1) is 0 Å². The van der Waals surface area contributed by atoms with E-state index in [9.17, 15) is 0 Å². The molecule has 3 rings (SSSR count). The first kappa shape index (κ1) is 14.6. The van der Waals surface area contributed by atoms with Crippen LogP contribution in [-0.4, -0.2) is 40.0 Å². The number of aromatic nitrogens is 2. The van der Waals surface area contributed by atoms with Crippen molar-refractivity contribution in [1.29, 1.82) is 0 Å². The van der Waals surface area contributed by atoms with Crippen LogP contribution in [0.3, 0.4) is 0 Å². The van der Waals surface area contributed by atoms with Crippen LogP contribution >= 0.6 is 0 Å². The summed E-state index contributed by atoms with van der Waals surface area (Å²) in [5, 5.41) is 3.61. The van der Waals surface area contributed by atoms with E-state index in [1.807, 2.05) is 6.07 Å². The molecule has 2 fully saturated rings. The van der Waals surface area contributed by atoms with Gasteiger partial charge in [-0.2, -0.15) is 0 Å². The third kappa shape index (κ3) is 3.12. The molecule has 2 atom stereocenters. The standard InChI is InChI=1S/C16H27N5/c1-10(2)16-19-14(17)9-15(20-16)18-11-7-12-5-4-6-13(8-11)21(12)3/h9-13H,4-8H2,1-3H3,(H3,17,18,19,20). The number of nitrogens with one attached hydrogen (secondary N) is 1. The van der Waals surface area contributed by atoms with Crippen LogP contribution in [0.1, 0.15) is 57.7 Å². The smallest absolute Gasteiger partial charge is 0.135 e. The van der Waals surface area contributed by atoms with Crippen molar-refractivity contribution in [2.24, 2.45) is 0 Å². The molecule has 116 valence electrons. The van der Waals surface area contributed by atoms with Crippen molar-refractivity contribution in [2.75, 3.05) is 18.1 Å². The van der Waals surface area contributed by atoms with Gasteiger partial charge in [-0.1, -0.05) is 20.3 Å². The third-order valence-electron chi connectivity index (χ3n) is 4.97. The molecule has 2 aliphatic rings. The third-order valence-corrected chi connectivity index (χ3v) is 4.97. The number of piperidine rings is 2. The van der Waals surface area contributed by atoms with E-state index < -0.39 is 0 Å². The van der Waals surface area contributed by atoms with E-state index in [1.54, 1.807) is 0 Å². The van der Waals surface area contributed by atoms with Crippen LogP contribution in [0.15, 0.2) is 6.07 Å². The maximum absolute atomic E-state index is 5.92. The molecule has 0 amide bonds. The predicted octanol–water partition coefficient (Wildman–Crippen LogP) is 2.61. The molecule has 0 radical (unpaired) electrons. The minimum Gasteiger partial charge on any atom is -0.384 e. The van der Waals surface area contributed by atoms with Gasteiger partial charge in [-0.25, -0.2) is 9.97 Å². The molecule has 2 aliphatic heterocycles. The highest BCUT2D eigenvalue weighted by Crippen LogP contribution is 2.33. The lowest BCUT2D eigenvalue weighted by Crippen LogP contribution is -2.52. The molecule has 0 saturated carbocycles. The lowest BCUT2D eigenvalue weighted by Gasteiger charge is -2.47. The van der Waals surface area contributed by atoms with Crippen LogP contribution < -0.4 is 11.1 Å². The van der Waals surface area contributed by atoms with E-state index in [0.29, 0.717) is 17.8 Å². The van der Waals surface area contributed by atoms with Crippen molar-refractivity contribution in [2.45, 2.75) is 70.0 Å². The molecule has 2 bridgehead atoms. The van der Waals surface area contributed by atoms with E-state index in [-0.39, 0.29) is 0 Å². The average Bonchev–Trinajstić information content (AvgIpc) is 2.39. The molecule has 0 aliphatic carbocycles. The van der Waals surface area contributed by atoms with Crippen molar-refractivity contribution in [3.05, 3.63) is 11.9 Å². The average molecular weight is 289 g/mol. The summed E-state index contributed by atoms with van der Waals surface area (Å²) in [7, 11) is 2.28. The first-order chi connectivity index (χ1) is 10.0. The van der Waals surface area contributed by atoms with E-state index in [0.717, 1.165) is 23.7 Å². The topological polar surface area (TPSA) is 67.1 Å². The molecule has 1 aromatic rings. The molecule has 5 nitrogen and oxygen atoms in total. The summed E-state index contributed by atoms with van der Waals surface area (Å²) in [4.78, 5) is 11.5. The fourth-order valence-corrected chi connectivity index (χ4v) is 3.76. The van der Waals surface area contributed by atoms with E-state index in [2.05, 4.69) is 41.1 Å². The lowest BCUT2D eigenvalue weighted by atomic mass is 9.82. The molecular formula is C16H27N5. The normalized spacial score (nSPS) is 29.6. The largest absolute Gasteiger partial charge is 0.384 e. The number of nitrogen functional groups attached to an aromatic ring is 1. The molecule has 2 saturated heterocycles. The van der Waals surface area contributed by atoms with Crippen LogP contribution in [0.2, 0.25) is 0 Å². The number of nitrogens with two attached hydrogens (primary N) is 1. The minimum absolute atomic E-state index is 0.297. The Balaban J connectivity index is 1.72. The zero-order chi connectivity index (χ0) is 15.0. The zero-order valence-corrected chi connectivity index (χ0v) is 13.3. The van der Waals surface area contributed by atoms with Crippen molar-refractivity contribution in [3.63, 3.8) is 0 Å². The quantitative estimate of drug-likeness (QED) is 0.895. The van der Waals surface area contributed by atoms with Gasteiger partial charge in [0.25, 0.3) is 0 Å². The highest BCUT2D eigenvalue weighted by Gasteiger charge is 2.36. The fraction of sp³-hybridized carbons (Fsp3) is 0.750. The Morgan fingerprint density at radius 1 is 1.24 bits per heavy atom. The van der Waals surface area contributed by atoms with Crippen LogP contribution in [0.4, 0.5) is 11.6 Å². The number of anilines is 2. The SMILES string of the molecule is CC(C)c1nc(N)cc(NC2CC3CCCC(C2)N3C)n1. The summed E-state index contributed by atoms with van der Waals surface area (Å²) >= 11 is 0. The van der Waals surface area contributed by atoms with Crippen LogP contribution in [-0.2, 0) is 0 Å². The summed E-state index contributed by atoms with van der Waals surface area (Å²) in [5.41, 5.74) is 5.92. The van der Waals surface area contributed by atoms with Gasteiger partial charge >= 0.3 is 0 Å². The molecule has 2 unspecified atom stereocenters. The van der Waals surface area contributed by atoms with Gasteiger partial charge in [0.1, 0.15) is 17.5 Å². The Kier molecular flexibility index (Phi) is 4.02. The van der Waals surface area contributed by atoms with Gasteiger partial charge in [0.15, 0.2) is 0 Å². The fourth-order valence-electron chi connectivity index (χ4n) is 3.76. The van der Waals surface area contributed by atoms with Crippen molar-refractivity contribution in [1.82, 2.24) is 14.9 Å². The number of hydrogen-bond acceptors (Lipinski definition) is 5. The Morgan fingerprint density at radius 2 is 1.90 bits per heavy atom. The summed E-state index contributed by atoms with van der Waals surface area (Å²) in [6.07, 6.45) is 6.44. The first-order valence-electron chi connectivity index (χ1n) is 8.16. The Labute approximate surface area is 127 Å². The van der Waals surface area contributed by atoms with Gasteiger partial charge in [-0.05, 0) is 32.7 Å². The monoisotopic (exact) mass is 289 g/mol. The van der Waals surface area contributed by atoms with E-state index >= 15 is 0 Å². The molecule has 1 aromatic heterocycles. The molecular weight excluding hydrogens is 262 g/mol. The summed E-state index contributed by atoms with van der Waals surface area (Å²) in [6.45, 7) is 4.19. The number of nitrogens with zero attached hydrogens (tertiary/aromatic N) is 3. The maximum atomic E-state index is 5.92. The number of fused-ring (bicyclic) bond motifs is 2. The van der Waals surface area contributed by atoms with Crippen molar-refractivity contribution in [3.8, 4) is 0 Å². The lowest BCUT2D eigenvalue weighted by molar-refractivity contribution is 0.0608. The van der Waals surface area contributed by atoms with Crippen molar-refractivity contribution < 1.29 is 0 Å². The molecule has 5 heteroatoms. The van der Waals surface area contributed by atoms with Gasteiger partial charge in [-0.3, -0.25) is 0 Å². The second kappa shape index (κ2) is 5.79. The summed E-state index contributed by atoms with van der Waals surface area (Å²) < 4.78 is 0. The van der Waals surface area contributed by atoms with Gasteiger partial charge in [0.2, 0.25) is 0 Å². The Morgan fingerprint density at radius 3 is 2.52 bits per heavy atom. The Bertz CT molecular complexity index is 487. The summed E-state index contributed by atoms with van der Waals surface area (Å²) in [5.74, 6) is 2.57. The van der Waals surface area contributed by atoms with Crippen molar-refractivity contribution >= 4 is 11.6 Å². The zero-order valence-electron chi connectivity index (χ0n) is 13.3. The molecule has 3 N–H and O–H groups in total. The maximum Gasteiger partial charge on any atom is 0.135 e. The molecule has 0 aromatic carbocycles. The number of rotatable bonds is 3. The highest BCUT2D eigenvalue weighted by molar-refractivity contribution is 5.45. The molecule has 3 heterocycles. The van der Waals surface area contributed by atoms with Gasteiger partial charge in [-0.15, -0.1) is 0 Å². The second-order valence-electron chi connectivity index (χ2n) is 6.91. The molecule has 0 spiro atoms. The van der Waals surface area contributed by atoms with E-state index in [4.69, 9.17) is 5.73 Å². The summed E-state index contributed by atoms with van der Waals surface area (Å²) in [6, 6.07) is 3.81.